The maximum Gasteiger partial charge on any atom is 0.308 e. The summed E-state index contributed by atoms with van der Waals surface area (Å²) in [5.41, 5.74) is 0. The quantitative estimate of drug-likeness (QED) is 0.441. The first-order valence-electron chi connectivity index (χ1n) is 4.43. The fourth-order valence-electron chi connectivity index (χ4n) is 1.85. The number of carbonyl (C=O) groups is 1. The van der Waals surface area contributed by atoms with Crippen LogP contribution in [0.2, 0.25) is 0 Å². The largest absolute Gasteiger partial charge is 0.469 e. The van der Waals surface area contributed by atoms with Gasteiger partial charge < -0.3 is 4.74 Å². The molecule has 1 saturated carbocycles. The second-order valence-electron chi connectivity index (χ2n) is 3.33. The second-order valence-corrected chi connectivity index (χ2v) is 4.21. The number of alkyl halides is 1. The first-order chi connectivity index (χ1) is 5.79. The molecule has 0 N–H and O–H groups in total. The number of hydrogen-bond donors (Lipinski definition) is 0. The Labute approximate surface area is 87.2 Å². The van der Waals surface area contributed by atoms with Crippen LogP contribution in [-0.2, 0) is 9.53 Å². The van der Waals surface area contributed by atoms with E-state index in [4.69, 9.17) is 4.74 Å². The third kappa shape index (κ3) is 2.34. The molecule has 1 aliphatic carbocycles. The van der Waals surface area contributed by atoms with Crippen LogP contribution in [0.3, 0.4) is 0 Å². The summed E-state index contributed by atoms with van der Waals surface area (Å²) in [6, 6.07) is 0. The Morgan fingerprint density at radius 2 is 2.17 bits per heavy atom. The van der Waals surface area contributed by atoms with Crippen molar-refractivity contribution >= 4 is 28.6 Å². The van der Waals surface area contributed by atoms with Crippen molar-refractivity contribution in [3.63, 3.8) is 0 Å². The lowest BCUT2D eigenvalue weighted by Gasteiger charge is -2.27. The number of rotatable bonds is 2. The Balaban J connectivity index is 2.52. The van der Waals surface area contributed by atoms with Gasteiger partial charge in [0.15, 0.2) is 0 Å². The predicted octanol–water partition coefficient (Wildman–Crippen LogP) is 2.40. The van der Waals surface area contributed by atoms with Gasteiger partial charge in [-0.25, -0.2) is 0 Å². The molecule has 0 aromatic carbocycles. The first kappa shape index (κ1) is 10.3. The van der Waals surface area contributed by atoms with Crippen LogP contribution in [0.15, 0.2) is 0 Å². The van der Waals surface area contributed by atoms with E-state index in [2.05, 4.69) is 22.6 Å². The van der Waals surface area contributed by atoms with E-state index in [-0.39, 0.29) is 11.9 Å². The van der Waals surface area contributed by atoms with Gasteiger partial charge in [0, 0.05) is 4.43 Å². The maximum absolute atomic E-state index is 11.3. The number of esters is 1. The number of methoxy groups -OCH3 is 1. The number of ether oxygens (including phenoxy) is 1. The molecule has 0 aliphatic heterocycles. The van der Waals surface area contributed by atoms with Gasteiger partial charge in [-0.2, -0.15) is 0 Å². The minimum atomic E-state index is -0.00336. The Morgan fingerprint density at radius 1 is 1.50 bits per heavy atom. The smallest absolute Gasteiger partial charge is 0.308 e. The Bertz CT molecular complexity index is 159. The van der Waals surface area contributed by atoms with Crippen LogP contribution < -0.4 is 0 Å². The van der Waals surface area contributed by atoms with Gasteiger partial charge in [0.05, 0.1) is 13.0 Å². The third-order valence-corrected chi connectivity index (χ3v) is 3.74. The van der Waals surface area contributed by atoms with Crippen molar-refractivity contribution in [1.29, 1.82) is 0 Å². The summed E-state index contributed by atoms with van der Waals surface area (Å²) in [5.74, 6) is 0.740. The van der Waals surface area contributed by atoms with E-state index < -0.39 is 0 Å². The summed E-state index contributed by atoms with van der Waals surface area (Å²) in [7, 11) is 1.49. The highest BCUT2D eigenvalue weighted by atomic mass is 127. The summed E-state index contributed by atoms with van der Waals surface area (Å²) >= 11 is 2.36. The lowest BCUT2D eigenvalue weighted by Crippen LogP contribution is -2.29. The van der Waals surface area contributed by atoms with Gasteiger partial charge in [0.1, 0.15) is 0 Å². The number of carbonyl (C=O) groups excluding carboxylic acids is 1. The zero-order chi connectivity index (χ0) is 8.97. The van der Waals surface area contributed by atoms with E-state index in [1.54, 1.807) is 0 Å². The highest BCUT2D eigenvalue weighted by Gasteiger charge is 2.30. The van der Waals surface area contributed by atoms with Crippen molar-refractivity contribution in [2.24, 2.45) is 11.8 Å². The van der Waals surface area contributed by atoms with Crippen molar-refractivity contribution in [2.45, 2.75) is 25.7 Å². The topological polar surface area (TPSA) is 26.3 Å². The first-order valence-corrected chi connectivity index (χ1v) is 5.96. The average molecular weight is 282 g/mol. The molecule has 1 rings (SSSR count). The Kier molecular flexibility index (Phi) is 4.32. The monoisotopic (exact) mass is 282 g/mol. The maximum atomic E-state index is 11.3. The average Bonchev–Trinajstić information content (AvgIpc) is 2.16. The Morgan fingerprint density at radius 3 is 2.75 bits per heavy atom. The minimum absolute atomic E-state index is 0.00336. The molecule has 0 bridgehead atoms. The van der Waals surface area contributed by atoms with Crippen molar-refractivity contribution < 1.29 is 9.53 Å². The minimum Gasteiger partial charge on any atom is -0.469 e. The molecule has 0 radical (unpaired) electrons. The second kappa shape index (κ2) is 5.04. The zero-order valence-corrected chi connectivity index (χ0v) is 9.54. The number of halogens is 1. The van der Waals surface area contributed by atoms with Crippen molar-refractivity contribution in [3.8, 4) is 0 Å². The molecule has 0 aromatic rings. The summed E-state index contributed by atoms with van der Waals surface area (Å²) in [6.45, 7) is 0. The molecule has 12 heavy (non-hydrogen) atoms. The SMILES string of the molecule is COC(=O)[C@@H]1CCCC[C@@H]1CI. The molecule has 2 nitrogen and oxygen atoms in total. The zero-order valence-electron chi connectivity index (χ0n) is 7.38. The molecule has 70 valence electrons. The van der Waals surface area contributed by atoms with E-state index in [1.165, 1.54) is 26.4 Å². The lowest BCUT2D eigenvalue weighted by atomic mass is 9.80. The highest BCUT2D eigenvalue weighted by molar-refractivity contribution is 14.1. The van der Waals surface area contributed by atoms with Gasteiger partial charge >= 0.3 is 5.97 Å². The predicted molar refractivity (Wildman–Crippen MR) is 56.4 cm³/mol. The normalized spacial score (nSPS) is 29.8. The molecule has 0 spiro atoms. The van der Waals surface area contributed by atoms with Crippen LogP contribution in [0.4, 0.5) is 0 Å². The molecule has 0 heterocycles. The molecular formula is C9H15IO2. The van der Waals surface area contributed by atoms with Gasteiger partial charge in [-0.05, 0) is 18.8 Å². The molecule has 0 amide bonds. The van der Waals surface area contributed by atoms with E-state index in [0.29, 0.717) is 5.92 Å². The van der Waals surface area contributed by atoms with Crippen LogP contribution in [0.1, 0.15) is 25.7 Å². The van der Waals surface area contributed by atoms with Crippen LogP contribution in [0.25, 0.3) is 0 Å². The lowest BCUT2D eigenvalue weighted by molar-refractivity contribution is -0.148. The van der Waals surface area contributed by atoms with Gasteiger partial charge in [-0.1, -0.05) is 35.4 Å². The van der Waals surface area contributed by atoms with Gasteiger partial charge in [-0.15, -0.1) is 0 Å². The van der Waals surface area contributed by atoms with E-state index in [1.807, 2.05) is 0 Å². The fourth-order valence-corrected chi connectivity index (χ4v) is 2.91. The van der Waals surface area contributed by atoms with Gasteiger partial charge in [0.2, 0.25) is 0 Å². The molecule has 2 atom stereocenters. The van der Waals surface area contributed by atoms with Gasteiger partial charge in [-0.3, -0.25) is 4.79 Å². The summed E-state index contributed by atoms with van der Waals surface area (Å²) in [5, 5.41) is 0. The molecule has 1 aliphatic rings. The highest BCUT2D eigenvalue weighted by Crippen LogP contribution is 2.31. The summed E-state index contributed by atoms with van der Waals surface area (Å²) in [4.78, 5) is 11.3. The molecule has 0 saturated heterocycles. The standard InChI is InChI=1S/C9H15IO2/c1-12-9(11)8-5-3-2-4-7(8)6-10/h7-8H,2-6H2,1H3/t7-,8-/m1/s1. The van der Waals surface area contributed by atoms with Crippen molar-refractivity contribution in [1.82, 2.24) is 0 Å². The van der Waals surface area contributed by atoms with Gasteiger partial charge in [0.25, 0.3) is 0 Å². The van der Waals surface area contributed by atoms with E-state index in [9.17, 15) is 4.79 Å². The summed E-state index contributed by atoms with van der Waals surface area (Å²) < 4.78 is 5.86. The number of hydrogen-bond acceptors (Lipinski definition) is 2. The molecule has 0 aromatic heterocycles. The van der Waals surface area contributed by atoms with Crippen molar-refractivity contribution in [2.75, 3.05) is 11.5 Å². The molecule has 1 fully saturated rings. The van der Waals surface area contributed by atoms with Crippen LogP contribution >= 0.6 is 22.6 Å². The molecule has 3 heteroatoms. The summed E-state index contributed by atoms with van der Waals surface area (Å²) in [6.07, 6.45) is 4.69. The van der Waals surface area contributed by atoms with Crippen LogP contribution in [0.5, 0.6) is 0 Å². The Hall–Kier alpha value is 0.200. The molecule has 0 unspecified atom stereocenters. The van der Waals surface area contributed by atoms with Crippen LogP contribution in [0, 0.1) is 11.8 Å². The third-order valence-electron chi connectivity index (χ3n) is 2.61. The van der Waals surface area contributed by atoms with E-state index in [0.717, 1.165) is 10.8 Å². The van der Waals surface area contributed by atoms with Crippen LogP contribution in [-0.4, -0.2) is 17.5 Å². The fraction of sp³-hybridized carbons (Fsp3) is 0.889. The van der Waals surface area contributed by atoms with E-state index >= 15 is 0 Å². The molecular weight excluding hydrogens is 267 g/mol. The van der Waals surface area contributed by atoms with Crippen molar-refractivity contribution in [3.05, 3.63) is 0 Å².